The predicted molar refractivity (Wildman–Crippen MR) is 117 cm³/mol. The van der Waals surface area contributed by atoms with Crippen LogP contribution in [0.4, 0.5) is 4.39 Å². The van der Waals surface area contributed by atoms with E-state index in [0.717, 1.165) is 43.6 Å². The van der Waals surface area contributed by atoms with Crippen LogP contribution in [0, 0.1) is 12.7 Å². The maximum atomic E-state index is 13.8. The van der Waals surface area contributed by atoms with Gasteiger partial charge < -0.3 is 19.5 Å². The Bertz CT molecular complexity index is 989. The highest BCUT2D eigenvalue weighted by Gasteiger charge is 2.12. The summed E-state index contributed by atoms with van der Waals surface area (Å²) in [6.45, 7) is 8.21. The Hall–Kier alpha value is -2.51. The third kappa shape index (κ3) is 4.96. The van der Waals surface area contributed by atoms with Gasteiger partial charge in [-0.05, 0) is 71.1 Å². The first-order valence-corrected chi connectivity index (χ1v) is 10.7. The van der Waals surface area contributed by atoms with Crippen LogP contribution < -0.4 is 4.74 Å². The van der Waals surface area contributed by atoms with Crippen molar-refractivity contribution in [1.29, 1.82) is 0 Å². The Balaban J connectivity index is 1.30. The molecule has 0 unspecified atom stereocenters. The van der Waals surface area contributed by atoms with Gasteiger partial charge in [0.2, 0.25) is 5.88 Å². The number of aryl methyl sites for hydroxylation is 1. The smallest absolute Gasteiger partial charge is 0.213 e. The average Bonchev–Trinajstić information content (AvgIpc) is 3.09. The van der Waals surface area contributed by atoms with E-state index in [0.29, 0.717) is 29.4 Å². The van der Waals surface area contributed by atoms with Gasteiger partial charge in [-0.1, -0.05) is 0 Å². The molecular formula is C23H30FN5O. The maximum absolute atomic E-state index is 13.8. The van der Waals surface area contributed by atoms with E-state index >= 15 is 0 Å². The standard InChI is InChI=1S/C23H30FN5O/c1-17-19(24)6-7-20-22(17)27-23(26-20)18-8-9-25-21(16-18)30-15-4-3-11-29-12-5-10-28(2)13-14-29/h6-9,16H,3-5,10-15H2,1-2H3,(H,26,27). The van der Waals surface area contributed by atoms with Crippen LogP contribution in [0.15, 0.2) is 30.5 Å². The molecule has 1 N–H and O–H groups in total. The first-order chi connectivity index (χ1) is 14.6. The molecule has 0 spiro atoms. The number of imidazole rings is 1. The van der Waals surface area contributed by atoms with Crippen molar-refractivity contribution >= 4 is 11.0 Å². The molecule has 30 heavy (non-hydrogen) atoms. The molecule has 1 aliphatic rings. The second-order valence-electron chi connectivity index (χ2n) is 8.09. The van der Waals surface area contributed by atoms with Gasteiger partial charge in [-0.25, -0.2) is 14.4 Å². The zero-order chi connectivity index (χ0) is 20.9. The fourth-order valence-corrected chi connectivity index (χ4v) is 3.90. The van der Waals surface area contributed by atoms with Crippen molar-refractivity contribution in [1.82, 2.24) is 24.8 Å². The lowest BCUT2D eigenvalue weighted by atomic mass is 10.2. The Labute approximate surface area is 177 Å². The summed E-state index contributed by atoms with van der Waals surface area (Å²) in [5, 5.41) is 0. The zero-order valence-corrected chi connectivity index (χ0v) is 17.8. The number of rotatable bonds is 7. The van der Waals surface area contributed by atoms with Crippen molar-refractivity contribution in [3.63, 3.8) is 0 Å². The molecule has 0 radical (unpaired) electrons. The van der Waals surface area contributed by atoms with E-state index in [-0.39, 0.29) is 5.82 Å². The zero-order valence-electron chi connectivity index (χ0n) is 17.8. The van der Waals surface area contributed by atoms with Crippen molar-refractivity contribution in [3.8, 4) is 17.3 Å². The lowest BCUT2D eigenvalue weighted by molar-refractivity contribution is 0.250. The molecule has 6 nitrogen and oxygen atoms in total. The molecule has 1 fully saturated rings. The van der Waals surface area contributed by atoms with Crippen LogP contribution in [0.3, 0.4) is 0 Å². The summed E-state index contributed by atoms with van der Waals surface area (Å²) in [6, 6.07) is 6.94. The molecule has 0 amide bonds. The molecule has 0 atom stereocenters. The van der Waals surface area contributed by atoms with Crippen molar-refractivity contribution < 1.29 is 9.13 Å². The summed E-state index contributed by atoms with van der Waals surface area (Å²) in [7, 11) is 2.20. The summed E-state index contributed by atoms with van der Waals surface area (Å²) in [6.07, 6.45) is 5.09. The van der Waals surface area contributed by atoms with Crippen LogP contribution in [0.2, 0.25) is 0 Å². The van der Waals surface area contributed by atoms with Gasteiger partial charge in [0.05, 0.1) is 17.6 Å². The minimum atomic E-state index is -0.244. The van der Waals surface area contributed by atoms with E-state index in [9.17, 15) is 4.39 Å². The fraction of sp³-hybridized carbons (Fsp3) is 0.478. The van der Waals surface area contributed by atoms with E-state index in [4.69, 9.17) is 4.74 Å². The highest BCUT2D eigenvalue weighted by Crippen LogP contribution is 2.25. The summed E-state index contributed by atoms with van der Waals surface area (Å²) >= 11 is 0. The minimum absolute atomic E-state index is 0.244. The largest absolute Gasteiger partial charge is 0.478 e. The fourth-order valence-electron chi connectivity index (χ4n) is 3.90. The topological polar surface area (TPSA) is 57.3 Å². The highest BCUT2D eigenvalue weighted by atomic mass is 19.1. The molecule has 4 rings (SSSR count). The molecule has 1 aliphatic heterocycles. The molecular weight excluding hydrogens is 381 g/mol. The van der Waals surface area contributed by atoms with Crippen molar-refractivity contribution in [2.75, 3.05) is 46.4 Å². The van der Waals surface area contributed by atoms with Gasteiger partial charge in [-0.3, -0.25) is 0 Å². The van der Waals surface area contributed by atoms with Crippen LogP contribution >= 0.6 is 0 Å². The molecule has 2 aromatic heterocycles. The molecule has 0 bridgehead atoms. The Kier molecular flexibility index (Phi) is 6.59. The summed E-state index contributed by atoms with van der Waals surface area (Å²) in [5.41, 5.74) is 2.91. The maximum Gasteiger partial charge on any atom is 0.213 e. The lowest BCUT2D eigenvalue weighted by Gasteiger charge is -2.19. The van der Waals surface area contributed by atoms with Crippen LogP contribution in [0.5, 0.6) is 5.88 Å². The van der Waals surface area contributed by atoms with Gasteiger partial charge in [-0.15, -0.1) is 0 Å². The number of nitrogens with one attached hydrogen (secondary N) is 1. The van der Waals surface area contributed by atoms with E-state index < -0.39 is 0 Å². The number of nitrogens with zero attached hydrogens (tertiary/aromatic N) is 4. The second kappa shape index (κ2) is 9.53. The number of unbranched alkanes of at least 4 members (excludes halogenated alkanes) is 1. The van der Waals surface area contributed by atoms with E-state index in [1.54, 1.807) is 19.2 Å². The SMILES string of the molecule is Cc1c(F)ccc2[nH]c(-c3ccnc(OCCCCN4CCCN(C)CC4)c3)nc12. The number of pyridine rings is 1. The molecule has 0 saturated carbocycles. The quantitative estimate of drug-likeness (QED) is 0.598. The minimum Gasteiger partial charge on any atom is -0.478 e. The Morgan fingerprint density at radius 3 is 2.93 bits per heavy atom. The number of aromatic nitrogens is 3. The van der Waals surface area contributed by atoms with Crippen LogP contribution in [0.1, 0.15) is 24.8 Å². The Morgan fingerprint density at radius 2 is 2.03 bits per heavy atom. The van der Waals surface area contributed by atoms with Crippen LogP contribution in [-0.2, 0) is 0 Å². The van der Waals surface area contributed by atoms with Gasteiger partial charge in [0.1, 0.15) is 11.6 Å². The van der Waals surface area contributed by atoms with Gasteiger partial charge in [0.15, 0.2) is 0 Å². The number of hydrogen-bond acceptors (Lipinski definition) is 5. The van der Waals surface area contributed by atoms with Crippen molar-refractivity contribution in [2.24, 2.45) is 0 Å². The molecule has 3 heterocycles. The number of hydrogen-bond donors (Lipinski definition) is 1. The summed E-state index contributed by atoms with van der Waals surface area (Å²) in [5.74, 6) is 1.04. The van der Waals surface area contributed by atoms with Crippen molar-refractivity contribution in [3.05, 3.63) is 41.8 Å². The third-order valence-electron chi connectivity index (χ3n) is 5.78. The molecule has 0 aliphatic carbocycles. The monoisotopic (exact) mass is 411 g/mol. The first-order valence-electron chi connectivity index (χ1n) is 10.7. The summed E-state index contributed by atoms with van der Waals surface area (Å²) in [4.78, 5) is 17.1. The average molecular weight is 412 g/mol. The number of fused-ring (bicyclic) bond motifs is 1. The second-order valence-corrected chi connectivity index (χ2v) is 8.09. The molecule has 1 aromatic carbocycles. The van der Waals surface area contributed by atoms with Crippen molar-refractivity contribution in [2.45, 2.75) is 26.2 Å². The number of ether oxygens (including phenoxy) is 1. The molecule has 160 valence electrons. The van der Waals surface area contributed by atoms with Gasteiger partial charge in [-0.2, -0.15) is 0 Å². The number of benzene rings is 1. The predicted octanol–water partition coefficient (Wildman–Crippen LogP) is 3.87. The van der Waals surface area contributed by atoms with Crippen LogP contribution in [0.25, 0.3) is 22.4 Å². The van der Waals surface area contributed by atoms with Gasteiger partial charge in [0.25, 0.3) is 0 Å². The number of H-pyrrole nitrogens is 1. The third-order valence-corrected chi connectivity index (χ3v) is 5.78. The van der Waals surface area contributed by atoms with Gasteiger partial charge >= 0.3 is 0 Å². The normalized spacial score (nSPS) is 16.1. The highest BCUT2D eigenvalue weighted by molar-refractivity contribution is 5.82. The summed E-state index contributed by atoms with van der Waals surface area (Å²) < 4.78 is 19.7. The van der Waals surface area contributed by atoms with E-state index in [2.05, 4.69) is 31.8 Å². The van der Waals surface area contributed by atoms with Gasteiger partial charge in [0, 0.05) is 36.5 Å². The van der Waals surface area contributed by atoms with E-state index in [1.807, 2.05) is 12.1 Å². The van der Waals surface area contributed by atoms with Crippen LogP contribution in [-0.4, -0.2) is 71.1 Å². The Morgan fingerprint density at radius 1 is 1.13 bits per heavy atom. The molecule has 7 heteroatoms. The molecule has 3 aromatic rings. The number of aromatic amines is 1. The first kappa shape index (κ1) is 20.8. The molecule has 1 saturated heterocycles. The lowest BCUT2D eigenvalue weighted by Crippen LogP contribution is -2.29. The number of likely N-dealkylation sites (N-methyl/N-ethyl adjacent to an activating group) is 1. The number of halogens is 1. The van der Waals surface area contributed by atoms with E-state index in [1.165, 1.54) is 25.6 Å².